The number of alkyl halides is 1. The highest BCUT2D eigenvalue weighted by Crippen LogP contribution is 2.46. The van der Waals surface area contributed by atoms with E-state index in [0.29, 0.717) is 43.0 Å². The van der Waals surface area contributed by atoms with Crippen LogP contribution in [-0.2, 0) is 24.7 Å². The van der Waals surface area contributed by atoms with Crippen LogP contribution in [0, 0.1) is 0 Å². The largest absolute Gasteiger partial charge is 0.443 e. The van der Waals surface area contributed by atoms with Crippen LogP contribution in [0.25, 0.3) is 0 Å². The average Bonchev–Trinajstić information content (AvgIpc) is 3.35. The number of nitrogens with two attached hydrogens (primary N) is 1. The molecule has 4 atom stereocenters. The summed E-state index contributed by atoms with van der Waals surface area (Å²) in [4.78, 5) is 12.9. The first kappa shape index (κ1) is 29.3. The van der Waals surface area contributed by atoms with E-state index < -0.39 is 16.7 Å². The molecule has 1 heterocycles. The predicted molar refractivity (Wildman–Crippen MR) is 155 cm³/mol. The molecule has 2 aromatic rings. The summed E-state index contributed by atoms with van der Waals surface area (Å²) in [5, 5.41) is 6.58. The summed E-state index contributed by atoms with van der Waals surface area (Å²) in [6, 6.07) is 15.2. The van der Waals surface area contributed by atoms with Crippen LogP contribution < -0.4 is 5.73 Å². The highest BCUT2D eigenvalue weighted by atomic mass is 35.5. The molecular weight excluding hydrogens is 537 g/mol. The fourth-order valence-electron chi connectivity index (χ4n) is 5.00. The molecule has 2 unspecified atom stereocenters. The lowest BCUT2D eigenvalue weighted by Crippen LogP contribution is -2.48. The third-order valence-corrected chi connectivity index (χ3v) is 8.21. The first-order valence-electron chi connectivity index (χ1n) is 13.0. The molecule has 1 aliphatic carbocycles. The molecule has 7 nitrogen and oxygen atoms in total. The molecule has 39 heavy (non-hydrogen) atoms. The average molecular weight is 573 g/mol. The second kappa shape index (κ2) is 12.7. The number of allylic oxidation sites excluding steroid dienone is 4. The monoisotopic (exact) mass is 571 g/mol. The standard InChI is InChI=1S/C30H35Cl2N3O4/c1-21(38-3)28(36)35-30(17-10-19-33,22-11-5-4-6-12-22)39-27(34-35)24-14-9-13-23(26(24)31)25-15-7-8-16-29(25,32)18-20-37-2/h4-9,11-16,21,25H,10,17-20,33H2,1-3H3/t21-,25?,29+,30?/m0/s1. The van der Waals surface area contributed by atoms with Gasteiger partial charge in [-0.05, 0) is 37.9 Å². The maximum Gasteiger partial charge on any atom is 0.275 e. The zero-order valence-corrected chi connectivity index (χ0v) is 24.0. The van der Waals surface area contributed by atoms with Crippen molar-refractivity contribution in [1.82, 2.24) is 5.01 Å². The van der Waals surface area contributed by atoms with Crippen molar-refractivity contribution in [2.45, 2.75) is 48.8 Å². The fourth-order valence-corrected chi connectivity index (χ4v) is 5.66. The molecule has 2 N–H and O–H groups in total. The van der Waals surface area contributed by atoms with Crippen molar-refractivity contribution in [2.75, 3.05) is 27.4 Å². The van der Waals surface area contributed by atoms with E-state index in [1.807, 2.05) is 72.8 Å². The van der Waals surface area contributed by atoms with E-state index in [1.165, 1.54) is 12.1 Å². The highest BCUT2D eigenvalue weighted by Gasteiger charge is 2.51. The fraction of sp³-hybridized carbons (Fsp3) is 0.400. The predicted octanol–water partition coefficient (Wildman–Crippen LogP) is 5.71. The lowest BCUT2D eigenvalue weighted by Gasteiger charge is -2.36. The Kier molecular flexibility index (Phi) is 9.51. The Bertz CT molecular complexity index is 1250. The Morgan fingerprint density at radius 2 is 1.92 bits per heavy atom. The van der Waals surface area contributed by atoms with Crippen molar-refractivity contribution in [2.24, 2.45) is 10.8 Å². The summed E-state index contributed by atoms with van der Waals surface area (Å²) < 4.78 is 17.4. The van der Waals surface area contributed by atoms with E-state index in [-0.39, 0.29) is 17.7 Å². The summed E-state index contributed by atoms with van der Waals surface area (Å²) in [6.45, 7) is 2.61. The van der Waals surface area contributed by atoms with Crippen LogP contribution in [0.15, 0.2) is 77.9 Å². The van der Waals surface area contributed by atoms with Gasteiger partial charge in [-0.2, -0.15) is 5.01 Å². The number of hydrogen-bond acceptors (Lipinski definition) is 6. The van der Waals surface area contributed by atoms with Gasteiger partial charge in [0.1, 0.15) is 6.10 Å². The van der Waals surface area contributed by atoms with E-state index >= 15 is 0 Å². The Morgan fingerprint density at radius 1 is 1.15 bits per heavy atom. The second-order valence-electron chi connectivity index (χ2n) is 9.68. The number of hydrogen-bond donors (Lipinski definition) is 1. The van der Waals surface area contributed by atoms with Gasteiger partial charge >= 0.3 is 0 Å². The Morgan fingerprint density at radius 3 is 2.62 bits per heavy atom. The van der Waals surface area contributed by atoms with Gasteiger partial charge < -0.3 is 19.9 Å². The summed E-state index contributed by atoms with van der Waals surface area (Å²) in [5.41, 5.74) is 6.87. The van der Waals surface area contributed by atoms with Crippen LogP contribution >= 0.6 is 23.2 Å². The van der Waals surface area contributed by atoms with Gasteiger partial charge in [-0.1, -0.05) is 78.4 Å². The van der Waals surface area contributed by atoms with Crippen LogP contribution in [0.1, 0.15) is 48.8 Å². The molecule has 0 radical (unpaired) electrons. The number of carbonyl (C=O) groups excluding carboxylic acids is 1. The number of hydrazone groups is 1. The number of nitrogens with zero attached hydrogens (tertiary/aromatic N) is 2. The molecule has 0 bridgehead atoms. The number of halogens is 2. The SMILES string of the molecule is COCC[C@]1(Cl)C=CC=CC1c1cccc(C2=NN(C(=O)[C@H](C)OC)C(CCCN)(c3ccccc3)O2)c1Cl. The molecular formula is C30H35Cl2N3O4. The Balaban J connectivity index is 1.81. The summed E-state index contributed by atoms with van der Waals surface area (Å²) in [7, 11) is 3.14. The number of benzene rings is 2. The van der Waals surface area contributed by atoms with E-state index in [4.69, 9.17) is 48.2 Å². The molecule has 0 saturated heterocycles. The summed E-state index contributed by atoms with van der Waals surface area (Å²) in [5.74, 6) is -0.303. The van der Waals surface area contributed by atoms with Gasteiger partial charge in [0, 0.05) is 38.7 Å². The number of methoxy groups -OCH3 is 2. The molecule has 1 amide bonds. The third kappa shape index (κ3) is 5.79. The van der Waals surface area contributed by atoms with Crippen LogP contribution in [-0.4, -0.2) is 55.2 Å². The van der Waals surface area contributed by atoms with E-state index in [0.717, 1.165) is 11.1 Å². The van der Waals surface area contributed by atoms with Crippen molar-refractivity contribution in [1.29, 1.82) is 0 Å². The molecule has 9 heteroatoms. The van der Waals surface area contributed by atoms with Gasteiger partial charge in [-0.3, -0.25) is 4.79 Å². The van der Waals surface area contributed by atoms with E-state index in [9.17, 15) is 4.79 Å². The van der Waals surface area contributed by atoms with E-state index in [1.54, 1.807) is 14.0 Å². The first-order valence-corrected chi connectivity index (χ1v) is 13.8. The van der Waals surface area contributed by atoms with Gasteiger partial charge in [0.05, 0.1) is 15.5 Å². The zero-order chi connectivity index (χ0) is 28.0. The molecule has 1 aliphatic heterocycles. The van der Waals surface area contributed by atoms with Crippen molar-refractivity contribution in [3.63, 3.8) is 0 Å². The van der Waals surface area contributed by atoms with Crippen molar-refractivity contribution < 1.29 is 19.0 Å². The highest BCUT2D eigenvalue weighted by molar-refractivity contribution is 6.35. The van der Waals surface area contributed by atoms with Crippen molar-refractivity contribution in [3.8, 4) is 0 Å². The number of amides is 1. The van der Waals surface area contributed by atoms with Gasteiger partial charge in [-0.15, -0.1) is 16.7 Å². The lowest BCUT2D eigenvalue weighted by atomic mass is 9.80. The number of carbonyl (C=O) groups is 1. The zero-order valence-electron chi connectivity index (χ0n) is 22.5. The van der Waals surface area contributed by atoms with Gasteiger partial charge in [-0.25, -0.2) is 0 Å². The third-order valence-electron chi connectivity index (χ3n) is 7.24. The smallest absolute Gasteiger partial charge is 0.275 e. The lowest BCUT2D eigenvalue weighted by molar-refractivity contribution is -0.162. The van der Waals surface area contributed by atoms with Gasteiger partial charge in [0.15, 0.2) is 0 Å². The van der Waals surface area contributed by atoms with Crippen molar-refractivity contribution >= 4 is 35.0 Å². The van der Waals surface area contributed by atoms with Crippen LogP contribution in [0.4, 0.5) is 0 Å². The normalized spacial score (nSPS) is 24.9. The van der Waals surface area contributed by atoms with Crippen LogP contribution in [0.2, 0.25) is 5.02 Å². The van der Waals surface area contributed by atoms with Crippen LogP contribution in [0.5, 0.6) is 0 Å². The second-order valence-corrected chi connectivity index (χ2v) is 10.8. The molecule has 0 fully saturated rings. The minimum Gasteiger partial charge on any atom is -0.443 e. The molecule has 2 aliphatic rings. The maximum absolute atomic E-state index is 13.6. The molecule has 4 rings (SSSR count). The number of rotatable bonds is 11. The topological polar surface area (TPSA) is 86.4 Å². The van der Waals surface area contributed by atoms with E-state index in [2.05, 4.69) is 0 Å². The summed E-state index contributed by atoms with van der Waals surface area (Å²) >= 11 is 14.2. The molecule has 208 valence electrons. The molecule has 0 aromatic heterocycles. The first-order chi connectivity index (χ1) is 18.8. The molecule has 0 saturated carbocycles. The van der Waals surface area contributed by atoms with Crippen LogP contribution in [0.3, 0.4) is 0 Å². The minimum absolute atomic E-state index is 0.212. The Labute approximate surface area is 240 Å². The minimum atomic E-state index is -1.21. The maximum atomic E-state index is 13.6. The van der Waals surface area contributed by atoms with Gasteiger partial charge in [0.2, 0.25) is 11.6 Å². The number of ether oxygens (including phenoxy) is 3. The summed E-state index contributed by atoms with van der Waals surface area (Å²) in [6.07, 6.45) is 8.80. The molecule has 2 aromatic carbocycles. The molecule has 0 spiro atoms. The quantitative estimate of drug-likeness (QED) is 0.349. The van der Waals surface area contributed by atoms with Gasteiger partial charge in [0.25, 0.3) is 5.91 Å². The Hall–Kier alpha value is -2.68. The van der Waals surface area contributed by atoms with Crippen molar-refractivity contribution in [3.05, 3.63) is 94.5 Å².